The fourth-order valence-corrected chi connectivity index (χ4v) is 2.85. The van der Waals surface area contributed by atoms with Gasteiger partial charge >= 0.3 is 0 Å². The topological polar surface area (TPSA) is 76.7 Å². The van der Waals surface area contributed by atoms with Crippen molar-refractivity contribution in [2.75, 3.05) is 19.8 Å². The summed E-state index contributed by atoms with van der Waals surface area (Å²) in [5.74, 6) is 0.395. The molecule has 1 aliphatic rings. The predicted octanol–water partition coefficient (Wildman–Crippen LogP) is 2.87. The molecule has 0 atom stereocenters. The van der Waals surface area contributed by atoms with E-state index in [0.29, 0.717) is 36.4 Å². The number of benzene rings is 2. The van der Waals surface area contributed by atoms with Crippen molar-refractivity contribution >= 4 is 23.4 Å². The first-order chi connectivity index (χ1) is 14.1. The zero-order chi connectivity index (χ0) is 20.5. The second kappa shape index (κ2) is 10.8. The van der Waals surface area contributed by atoms with Gasteiger partial charge in [-0.05, 0) is 48.6 Å². The summed E-state index contributed by atoms with van der Waals surface area (Å²) < 4.78 is 10.9. The quantitative estimate of drug-likeness (QED) is 0.590. The maximum absolute atomic E-state index is 11.9. The van der Waals surface area contributed by atoms with E-state index in [1.165, 1.54) is 0 Å². The molecule has 0 aromatic heterocycles. The number of amides is 2. The molecule has 2 aromatic carbocycles. The largest absolute Gasteiger partial charge is 0.484 e. The van der Waals surface area contributed by atoms with Gasteiger partial charge in [0, 0.05) is 17.6 Å². The minimum atomic E-state index is -0.168. The van der Waals surface area contributed by atoms with Gasteiger partial charge in [-0.15, -0.1) is 0 Å². The molecule has 154 valence electrons. The van der Waals surface area contributed by atoms with Gasteiger partial charge in [0.15, 0.2) is 6.61 Å². The normalized spacial score (nSPS) is 13.0. The molecule has 0 spiro atoms. The summed E-state index contributed by atoms with van der Waals surface area (Å²) in [5.41, 5.74) is 1.92. The van der Waals surface area contributed by atoms with Crippen LogP contribution in [-0.4, -0.2) is 37.6 Å². The highest BCUT2D eigenvalue weighted by Crippen LogP contribution is 2.18. The monoisotopic (exact) mass is 416 g/mol. The lowest BCUT2D eigenvalue weighted by atomic mass is 10.1. The van der Waals surface area contributed by atoms with Gasteiger partial charge in [0.05, 0.1) is 6.61 Å². The molecule has 2 N–H and O–H groups in total. The third kappa shape index (κ3) is 7.75. The SMILES string of the molecule is O=C(COCc1ccccc1Cl)NCCc1ccc(OCC(=O)NC2CC2)cc1. The van der Waals surface area contributed by atoms with Crippen LogP contribution in [-0.2, 0) is 27.4 Å². The molecule has 0 heterocycles. The summed E-state index contributed by atoms with van der Waals surface area (Å²) in [6, 6.07) is 15.2. The molecular formula is C22H25ClN2O4. The van der Waals surface area contributed by atoms with Crippen molar-refractivity contribution < 1.29 is 19.1 Å². The Morgan fingerprint density at radius 2 is 1.76 bits per heavy atom. The highest BCUT2D eigenvalue weighted by molar-refractivity contribution is 6.31. The zero-order valence-corrected chi connectivity index (χ0v) is 16.9. The van der Waals surface area contributed by atoms with Crippen LogP contribution < -0.4 is 15.4 Å². The molecule has 0 saturated heterocycles. The standard InChI is InChI=1S/C22H25ClN2O4/c23-20-4-2-1-3-17(20)13-28-14-21(26)24-12-11-16-5-9-19(10-6-16)29-15-22(27)25-18-7-8-18/h1-6,9-10,18H,7-8,11-15H2,(H,24,26)(H,25,27). The van der Waals surface area contributed by atoms with E-state index in [1.54, 1.807) is 6.07 Å². The van der Waals surface area contributed by atoms with Crippen molar-refractivity contribution in [2.45, 2.75) is 31.9 Å². The van der Waals surface area contributed by atoms with Crippen molar-refractivity contribution in [3.63, 3.8) is 0 Å². The molecule has 3 rings (SSSR count). The molecule has 29 heavy (non-hydrogen) atoms. The smallest absolute Gasteiger partial charge is 0.258 e. The van der Waals surface area contributed by atoms with Gasteiger partial charge in [0.2, 0.25) is 5.91 Å². The summed E-state index contributed by atoms with van der Waals surface area (Å²) in [6.07, 6.45) is 2.81. The second-order valence-corrected chi connectivity index (χ2v) is 7.37. The number of carbonyl (C=O) groups is 2. The maximum Gasteiger partial charge on any atom is 0.258 e. The van der Waals surface area contributed by atoms with Gasteiger partial charge in [-0.3, -0.25) is 9.59 Å². The Labute approximate surface area is 175 Å². The fourth-order valence-electron chi connectivity index (χ4n) is 2.66. The van der Waals surface area contributed by atoms with Gasteiger partial charge < -0.3 is 20.1 Å². The molecule has 1 fully saturated rings. The number of nitrogens with one attached hydrogen (secondary N) is 2. The molecule has 0 bridgehead atoms. The Balaban J connectivity index is 1.28. The molecule has 1 saturated carbocycles. The van der Waals surface area contributed by atoms with Crippen LogP contribution in [0.5, 0.6) is 5.75 Å². The molecule has 6 nitrogen and oxygen atoms in total. The summed E-state index contributed by atoms with van der Waals surface area (Å²) in [4.78, 5) is 23.5. The highest BCUT2D eigenvalue weighted by Gasteiger charge is 2.23. The number of hydrogen-bond donors (Lipinski definition) is 2. The second-order valence-electron chi connectivity index (χ2n) is 6.96. The van der Waals surface area contributed by atoms with Crippen LogP contribution in [0.2, 0.25) is 5.02 Å². The van der Waals surface area contributed by atoms with E-state index >= 15 is 0 Å². The lowest BCUT2D eigenvalue weighted by Crippen LogP contribution is -2.30. The van der Waals surface area contributed by atoms with Crippen molar-refractivity contribution in [2.24, 2.45) is 0 Å². The number of halogens is 1. The fraction of sp³-hybridized carbons (Fsp3) is 0.364. The van der Waals surface area contributed by atoms with Crippen LogP contribution in [0.1, 0.15) is 24.0 Å². The van der Waals surface area contributed by atoms with Crippen LogP contribution in [0.3, 0.4) is 0 Å². The minimum absolute atomic E-state index is 0.0130. The van der Waals surface area contributed by atoms with Crippen LogP contribution >= 0.6 is 11.6 Å². The number of ether oxygens (including phenoxy) is 2. The van der Waals surface area contributed by atoms with E-state index in [1.807, 2.05) is 42.5 Å². The zero-order valence-electron chi connectivity index (χ0n) is 16.2. The summed E-state index contributed by atoms with van der Waals surface area (Å²) in [6.45, 7) is 0.826. The Kier molecular flexibility index (Phi) is 7.90. The number of rotatable bonds is 11. The third-order valence-corrected chi connectivity index (χ3v) is 4.79. The van der Waals surface area contributed by atoms with E-state index in [0.717, 1.165) is 24.0 Å². The van der Waals surface area contributed by atoms with Crippen LogP contribution in [0.25, 0.3) is 0 Å². The molecule has 0 radical (unpaired) electrons. The Morgan fingerprint density at radius 3 is 2.48 bits per heavy atom. The van der Waals surface area contributed by atoms with Crippen molar-refractivity contribution in [1.82, 2.24) is 10.6 Å². The molecule has 0 aliphatic heterocycles. The first-order valence-electron chi connectivity index (χ1n) is 9.69. The van der Waals surface area contributed by atoms with E-state index in [9.17, 15) is 9.59 Å². The Morgan fingerprint density at radius 1 is 1.00 bits per heavy atom. The van der Waals surface area contributed by atoms with Crippen LogP contribution in [0.4, 0.5) is 0 Å². The van der Waals surface area contributed by atoms with E-state index < -0.39 is 0 Å². The van der Waals surface area contributed by atoms with E-state index in [2.05, 4.69) is 10.6 Å². The van der Waals surface area contributed by atoms with Gasteiger partial charge in [-0.1, -0.05) is 41.9 Å². The van der Waals surface area contributed by atoms with Crippen molar-refractivity contribution in [3.05, 3.63) is 64.7 Å². The van der Waals surface area contributed by atoms with Crippen LogP contribution in [0.15, 0.2) is 48.5 Å². The number of hydrogen-bond acceptors (Lipinski definition) is 4. The van der Waals surface area contributed by atoms with Gasteiger partial charge in [0.25, 0.3) is 5.91 Å². The highest BCUT2D eigenvalue weighted by atomic mass is 35.5. The Bertz CT molecular complexity index is 822. The summed E-state index contributed by atoms with van der Waals surface area (Å²) >= 11 is 6.05. The molecular weight excluding hydrogens is 392 g/mol. The summed E-state index contributed by atoms with van der Waals surface area (Å²) in [7, 11) is 0. The molecule has 1 aliphatic carbocycles. The average Bonchev–Trinajstić information content (AvgIpc) is 3.53. The van der Waals surface area contributed by atoms with Crippen molar-refractivity contribution in [1.29, 1.82) is 0 Å². The molecule has 2 aromatic rings. The lowest BCUT2D eigenvalue weighted by Gasteiger charge is -2.09. The predicted molar refractivity (Wildman–Crippen MR) is 111 cm³/mol. The van der Waals surface area contributed by atoms with Gasteiger partial charge in [-0.2, -0.15) is 0 Å². The lowest BCUT2D eigenvalue weighted by molar-refractivity contribution is -0.126. The maximum atomic E-state index is 11.9. The molecule has 2 amide bonds. The Hall–Kier alpha value is -2.57. The van der Waals surface area contributed by atoms with Gasteiger partial charge in [-0.25, -0.2) is 0 Å². The van der Waals surface area contributed by atoms with Crippen LogP contribution in [0, 0.1) is 0 Å². The summed E-state index contributed by atoms with van der Waals surface area (Å²) in [5, 5.41) is 6.34. The van der Waals surface area contributed by atoms with Crippen molar-refractivity contribution in [3.8, 4) is 5.75 Å². The average molecular weight is 417 g/mol. The van der Waals surface area contributed by atoms with E-state index in [4.69, 9.17) is 21.1 Å². The van der Waals surface area contributed by atoms with Gasteiger partial charge in [0.1, 0.15) is 12.4 Å². The first-order valence-corrected chi connectivity index (χ1v) is 10.1. The molecule has 7 heteroatoms. The number of carbonyl (C=O) groups excluding carboxylic acids is 2. The van der Waals surface area contributed by atoms with E-state index in [-0.39, 0.29) is 25.0 Å². The first kappa shape index (κ1) is 21.1. The minimum Gasteiger partial charge on any atom is -0.484 e. The molecule has 0 unspecified atom stereocenters. The third-order valence-electron chi connectivity index (χ3n) is 4.42.